The molecule has 1 fully saturated rings. The molecular formula is C16H24N2O2. The number of esters is 1. The van der Waals surface area contributed by atoms with Crippen LogP contribution in [-0.2, 0) is 4.74 Å². The second kappa shape index (κ2) is 5.81. The minimum Gasteiger partial charge on any atom is -0.462 e. The lowest BCUT2D eigenvalue weighted by atomic mass is 9.80. The fraction of sp³-hybridized carbons (Fsp3) is 0.625. The van der Waals surface area contributed by atoms with Crippen LogP contribution >= 0.6 is 0 Å². The highest BCUT2D eigenvalue weighted by molar-refractivity contribution is 5.89. The van der Waals surface area contributed by atoms with Crippen LogP contribution in [-0.4, -0.2) is 30.6 Å². The molecule has 1 saturated heterocycles. The minimum absolute atomic E-state index is 0.305. The number of aromatic nitrogens is 1. The van der Waals surface area contributed by atoms with E-state index in [1.54, 1.807) is 19.2 Å². The number of rotatable bonds is 3. The molecule has 4 heteroatoms. The van der Waals surface area contributed by atoms with Crippen LogP contribution in [0.25, 0.3) is 0 Å². The molecule has 0 saturated carbocycles. The van der Waals surface area contributed by atoms with E-state index < -0.39 is 0 Å². The van der Waals surface area contributed by atoms with E-state index in [2.05, 4.69) is 30.7 Å². The molecule has 2 heterocycles. The van der Waals surface area contributed by atoms with E-state index in [1.807, 2.05) is 6.07 Å². The van der Waals surface area contributed by atoms with Crippen molar-refractivity contribution in [3.8, 4) is 0 Å². The molecule has 2 rings (SSSR count). The first-order chi connectivity index (χ1) is 9.41. The second-order valence-corrected chi connectivity index (χ2v) is 6.42. The molecule has 1 aliphatic rings. The van der Waals surface area contributed by atoms with Gasteiger partial charge in [-0.15, -0.1) is 0 Å². The Balaban J connectivity index is 2.03. The molecule has 0 radical (unpaired) electrons. The van der Waals surface area contributed by atoms with Gasteiger partial charge in [0.25, 0.3) is 0 Å². The van der Waals surface area contributed by atoms with Crippen molar-refractivity contribution in [2.45, 2.75) is 34.1 Å². The van der Waals surface area contributed by atoms with Gasteiger partial charge in [-0.05, 0) is 36.8 Å². The predicted molar refractivity (Wildman–Crippen MR) is 80.0 cm³/mol. The zero-order valence-electron chi connectivity index (χ0n) is 12.8. The van der Waals surface area contributed by atoms with E-state index in [4.69, 9.17) is 4.74 Å². The lowest BCUT2D eigenvalue weighted by Crippen LogP contribution is -2.26. The third-order valence-corrected chi connectivity index (χ3v) is 4.00. The van der Waals surface area contributed by atoms with E-state index in [1.165, 1.54) is 6.42 Å². The number of carbonyl (C=O) groups excluding carboxylic acids is 1. The standard InChI is InChI=1S/C16H24N2O2/c1-5-20-15(19)12-6-7-14(17-10-12)18-9-8-13(11-18)16(2,3)4/h6-7,10,13H,5,8-9,11H2,1-4H3. The topological polar surface area (TPSA) is 42.4 Å². The fourth-order valence-electron chi connectivity index (χ4n) is 2.58. The van der Waals surface area contributed by atoms with Gasteiger partial charge in [0.05, 0.1) is 12.2 Å². The van der Waals surface area contributed by atoms with Crippen LogP contribution in [0.15, 0.2) is 18.3 Å². The van der Waals surface area contributed by atoms with Gasteiger partial charge in [-0.2, -0.15) is 0 Å². The van der Waals surface area contributed by atoms with Crippen LogP contribution in [0.1, 0.15) is 44.5 Å². The van der Waals surface area contributed by atoms with Crippen molar-refractivity contribution in [1.82, 2.24) is 4.98 Å². The largest absolute Gasteiger partial charge is 0.462 e. The van der Waals surface area contributed by atoms with E-state index in [0.29, 0.717) is 23.5 Å². The summed E-state index contributed by atoms with van der Waals surface area (Å²) in [6.07, 6.45) is 2.81. The molecule has 1 unspecified atom stereocenters. The zero-order valence-corrected chi connectivity index (χ0v) is 12.8. The molecule has 0 amide bonds. The van der Waals surface area contributed by atoms with E-state index in [0.717, 1.165) is 18.9 Å². The Hall–Kier alpha value is -1.58. The summed E-state index contributed by atoms with van der Waals surface area (Å²) in [5.41, 5.74) is 0.849. The summed E-state index contributed by atoms with van der Waals surface area (Å²) in [7, 11) is 0. The summed E-state index contributed by atoms with van der Waals surface area (Å²) >= 11 is 0. The van der Waals surface area contributed by atoms with Gasteiger partial charge in [-0.3, -0.25) is 0 Å². The first-order valence-corrected chi connectivity index (χ1v) is 7.30. The van der Waals surface area contributed by atoms with Crippen LogP contribution in [0.2, 0.25) is 0 Å². The van der Waals surface area contributed by atoms with Gasteiger partial charge in [0.2, 0.25) is 0 Å². The Kier molecular flexibility index (Phi) is 4.31. The Morgan fingerprint density at radius 2 is 2.20 bits per heavy atom. The van der Waals surface area contributed by atoms with Crippen molar-refractivity contribution < 1.29 is 9.53 Å². The minimum atomic E-state index is -0.305. The molecule has 0 N–H and O–H groups in total. The number of anilines is 1. The van der Waals surface area contributed by atoms with Crippen LogP contribution in [0.4, 0.5) is 5.82 Å². The van der Waals surface area contributed by atoms with E-state index in [9.17, 15) is 4.79 Å². The first kappa shape index (κ1) is 14.8. The molecule has 20 heavy (non-hydrogen) atoms. The third kappa shape index (κ3) is 3.30. The highest BCUT2D eigenvalue weighted by Crippen LogP contribution is 2.35. The van der Waals surface area contributed by atoms with Gasteiger partial charge in [0.15, 0.2) is 0 Å². The van der Waals surface area contributed by atoms with Crippen molar-refractivity contribution in [2.75, 3.05) is 24.6 Å². The summed E-state index contributed by atoms with van der Waals surface area (Å²) < 4.78 is 4.96. The molecule has 0 bridgehead atoms. The van der Waals surface area contributed by atoms with E-state index >= 15 is 0 Å². The molecule has 4 nitrogen and oxygen atoms in total. The normalized spacial score (nSPS) is 19.2. The number of hydrogen-bond donors (Lipinski definition) is 0. The molecule has 1 aliphatic heterocycles. The van der Waals surface area contributed by atoms with Gasteiger partial charge in [-0.1, -0.05) is 20.8 Å². The van der Waals surface area contributed by atoms with Crippen LogP contribution in [0.3, 0.4) is 0 Å². The third-order valence-electron chi connectivity index (χ3n) is 4.00. The Morgan fingerprint density at radius 1 is 1.45 bits per heavy atom. The van der Waals surface area contributed by atoms with Gasteiger partial charge in [-0.25, -0.2) is 9.78 Å². The zero-order chi connectivity index (χ0) is 14.8. The van der Waals surface area contributed by atoms with Gasteiger partial charge in [0.1, 0.15) is 5.82 Å². The molecule has 1 aromatic rings. The summed E-state index contributed by atoms with van der Waals surface area (Å²) in [5, 5.41) is 0. The monoisotopic (exact) mass is 276 g/mol. The summed E-state index contributed by atoms with van der Waals surface area (Å²) in [5.74, 6) is 1.33. The van der Waals surface area contributed by atoms with Crippen molar-refractivity contribution in [3.05, 3.63) is 23.9 Å². The quantitative estimate of drug-likeness (QED) is 0.795. The molecule has 1 aromatic heterocycles. The Morgan fingerprint density at radius 3 is 2.70 bits per heavy atom. The fourth-order valence-corrected chi connectivity index (χ4v) is 2.58. The van der Waals surface area contributed by atoms with Gasteiger partial charge < -0.3 is 9.64 Å². The molecule has 110 valence electrons. The predicted octanol–water partition coefficient (Wildman–Crippen LogP) is 3.13. The van der Waals surface area contributed by atoms with Gasteiger partial charge >= 0.3 is 5.97 Å². The van der Waals surface area contributed by atoms with Gasteiger partial charge in [0, 0.05) is 19.3 Å². The average molecular weight is 276 g/mol. The van der Waals surface area contributed by atoms with Crippen molar-refractivity contribution >= 4 is 11.8 Å². The van der Waals surface area contributed by atoms with Crippen LogP contribution in [0.5, 0.6) is 0 Å². The molecule has 0 aliphatic carbocycles. The van der Waals surface area contributed by atoms with Crippen molar-refractivity contribution in [3.63, 3.8) is 0 Å². The number of ether oxygens (including phenoxy) is 1. The smallest absolute Gasteiger partial charge is 0.339 e. The molecular weight excluding hydrogens is 252 g/mol. The Bertz CT molecular complexity index is 462. The number of pyridine rings is 1. The van der Waals surface area contributed by atoms with E-state index in [-0.39, 0.29) is 5.97 Å². The van der Waals surface area contributed by atoms with Crippen molar-refractivity contribution in [2.24, 2.45) is 11.3 Å². The van der Waals surface area contributed by atoms with Crippen LogP contribution < -0.4 is 4.90 Å². The second-order valence-electron chi connectivity index (χ2n) is 6.42. The Labute approximate surface area is 121 Å². The molecule has 0 aromatic carbocycles. The van der Waals surface area contributed by atoms with Crippen LogP contribution in [0, 0.1) is 11.3 Å². The number of nitrogens with zero attached hydrogens (tertiary/aromatic N) is 2. The average Bonchev–Trinajstić information content (AvgIpc) is 2.89. The highest BCUT2D eigenvalue weighted by Gasteiger charge is 2.32. The maximum Gasteiger partial charge on any atom is 0.339 e. The maximum atomic E-state index is 11.6. The maximum absolute atomic E-state index is 11.6. The highest BCUT2D eigenvalue weighted by atomic mass is 16.5. The molecule has 1 atom stereocenters. The lowest BCUT2D eigenvalue weighted by molar-refractivity contribution is 0.0526. The first-order valence-electron chi connectivity index (χ1n) is 7.30. The number of carbonyl (C=O) groups is 1. The summed E-state index contributed by atoms with van der Waals surface area (Å²) in [6, 6.07) is 3.71. The summed E-state index contributed by atoms with van der Waals surface area (Å²) in [6.45, 7) is 11.1. The SMILES string of the molecule is CCOC(=O)c1ccc(N2CCC(C(C)(C)C)C2)nc1. The van der Waals surface area contributed by atoms with Crippen molar-refractivity contribution in [1.29, 1.82) is 0 Å². The lowest BCUT2D eigenvalue weighted by Gasteiger charge is -2.27. The molecule has 0 spiro atoms. The summed E-state index contributed by atoms with van der Waals surface area (Å²) in [4.78, 5) is 18.3. The number of hydrogen-bond acceptors (Lipinski definition) is 4.